The van der Waals surface area contributed by atoms with E-state index in [2.05, 4.69) is 24.1 Å². The molecule has 1 heterocycles. The Balaban J connectivity index is 1.56. The molecule has 0 aromatic heterocycles. The number of carbonyl (C=O) groups is 2. The summed E-state index contributed by atoms with van der Waals surface area (Å²) < 4.78 is 0. The van der Waals surface area contributed by atoms with Gasteiger partial charge in [0.25, 0.3) is 0 Å². The molecule has 35 heavy (non-hydrogen) atoms. The fraction of sp³-hybridized carbons (Fsp3) is 0.462. The molecule has 1 N–H and O–H groups in total. The van der Waals surface area contributed by atoms with Crippen LogP contribution in [0.25, 0.3) is 0 Å². The molecule has 2 fully saturated rings. The molecular weight excluding hydrogens is 528 g/mol. The lowest BCUT2D eigenvalue weighted by atomic mass is 9.93. The number of amides is 2. The third kappa shape index (κ3) is 5.91. The van der Waals surface area contributed by atoms with E-state index in [9.17, 15) is 9.59 Å². The molecular formula is C26H29Cl4N3O2. The average molecular weight is 557 g/mol. The van der Waals surface area contributed by atoms with Crippen LogP contribution < -0.4 is 5.32 Å². The first kappa shape index (κ1) is 26.6. The third-order valence-electron chi connectivity index (χ3n) is 7.03. The molecule has 0 radical (unpaired) electrons. The summed E-state index contributed by atoms with van der Waals surface area (Å²) in [6.07, 6.45) is 1.60. The van der Waals surface area contributed by atoms with Gasteiger partial charge in [-0.25, -0.2) is 0 Å². The predicted octanol–water partition coefficient (Wildman–Crippen LogP) is 5.61. The van der Waals surface area contributed by atoms with Crippen LogP contribution in [0, 0.1) is 0 Å². The van der Waals surface area contributed by atoms with Crippen molar-refractivity contribution < 1.29 is 9.59 Å². The van der Waals surface area contributed by atoms with E-state index in [-0.39, 0.29) is 18.2 Å². The van der Waals surface area contributed by atoms with E-state index in [4.69, 9.17) is 46.4 Å². The van der Waals surface area contributed by atoms with Crippen LogP contribution in [0.3, 0.4) is 0 Å². The lowest BCUT2D eigenvalue weighted by Gasteiger charge is -2.38. The first-order chi connectivity index (χ1) is 16.6. The maximum absolute atomic E-state index is 13.7. The highest BCUT2D eigenvalue weighted by Crippen LogP contribution is 2.51. The summed E-state index contributed by atoms with van der Waals surface area (Å²) >= 11 is 25.0. The molecule has 1 aliphatic carbocycles. The number of hydrogen-bond acceptors (Lipinski definition) is 3. The Morgan fingerprint density at radius 1 is 0.914 bits per heavy atom. The fourth-order valence-electron chi connectivity index (χ4n) is 4.70. The molecule has 2 amide bonds. The second kappa shape index (κ2) is 10.9. The van der Waals surface area contributed by atoms with Crippen LogP contribution in [-0.4, -0.2) is 59.9 Å². The molecule has 5 nitrogen and oxygen atoms in total. The van der Waals surface area contributed by atoms with Crippen LogP contribution >= 0.6 is 46.4 Å². The van der Waals surface area contributed by atoms with E-state index in [1.54, 1.807) is 36.4 Å². The molecule has 0 spiro atoms. The quantitative estimate of drug-likeness (QED) is 0.482. The monoisotopic (exact) mass is 555 g/mol. The molecule has 2 aromatic carbocycles. The first-order valence-electron chi connectivity index (χ1n) is 11.8. The second-order valence-corrected chi connectivity index (χ2v) is 11.3. The topological polar surface area (TPSA) is 52.6 Å². The number of carbonyl (C=O) groups excluding carboxylic acids is 2. The standard InChI is InChI=1S/C26H29Cl4N3O2/c1-16(2)32-9-11-33(12-10-32)24(34)23(13-17-3-4-18(27)14-21(17)29)31-25(35)26(7-8-26)20-6-5-19(28)15-22(20)30/h3-6,14-16,23H,7-13H2,1-2H3,(H,31,35). The van der Waals surface area contributed by atoms with Crippen LogP contribution in [-0.2, 0) is 21.4 Å². The van der Waals surface area contributed by atoms with Crippen LogP contribution in [0.4, 0.5) is 0 Å². The zero-order valence-electron chi connectivity index (χ0n) is 19.8. The molecule has 4 rings (SSSR count). The van der Waals surface area contributed by atoms with Crippen LogP contribution in [0.1, 0.15) is 37.8 Å². The van der Waals surface area contributed by atoms with Gasteiger partial charge >= 0.3 is 0 Å². The number of halogens is 4. The predicted molar refractivity (Wildman–Crippen MR) is 143 cm³/mol. The molecule has 1 unspecified atom stereocenters. The molecule has 188 valence electrons. The highest BCUT2D eigenvalue weighted by atomic mass is 35.5. The first-order valence-corrected chi connectivity index (χ1v) is 13.3. The van der Waals surface area contributed by atoms with Crippen molar-refractivity contribution in [2.24, 2.45) is 0 Å². The summed E-state index contributed by atoms with van der Waals surface area (Å²) in [6.45, 7) is 7.14. The molecule has 0 bridgehead atoms. The van der Waals surface area contributed by atoms with Crippen molar-refractivity contribution in [2.75, 3.05) is 26.2 Å². The maximum Gasteiger partial charge on any atom is 0.245 e. The Morgan fingerprint density at radius 2 is 1.51 bits per heavy atom. The lowest BCUT2D eigenvalue weighted by molar-refractivity contribution is -0.138. The summed E-state index contributed by atoms with van der Waals surface area (Å²) in [6, 6.07) is 10.1. The van der Waals surface area contributed by atoms with Gasteiger partial charge in [0.1, 0.15) is 6.04 Å². The van der Waals surface area contributed by atoms with Gasteiger partial charge in [-0.3, -0.25) is 14.5 Å². The summed E-state index contributed by atoms with van der Waals surface area (Å²) in [4.78, 5) is 31.4. The highest BCUT2D eigenvalue weighted by Gasteiger charge is 2.53. The van der Waals surface area contributed by atoms with Crippen molar-refractivity contribution in [1.82, 2.24) is 15.1 Å². The van der Waals surface area contributed by atoms with E-state index in [1.807, 2.05) is 4.90 Å². The van der Waals surface area contributed by atoms with Gasteiger partial charge in [-0.2, -0.15) is 0 Å². The molecule has 1 aliphatic heterocycles. The summed E-state index contributed by atoms with van der Waals surface area (Å²) in [7, 11) is 0. The van der Waals surface area contributed by atoms with E-state index in [0.717, 1.165) is 24.2 Å². The Kier molecular flexibility index (Phi) is 8.24. The number of rotatable bonds is 7. The van der Waals surface area contributed by atoms with Gasteiger partial charge in [0.2, 0.25) is 11.8 Å². The van der Waals surface area contributed by atoms with Crippen molar-refractivity contribution >= 4 is 58.2 Å². The molecule has 2 aromatic rings. The minimum Gasteiger partial charge on any atom is -0.343 e. The van der Waals surface area contributed by atoms with Gasteiger partial charge < -0.3 is 10.2 Å². The molecule has 1 saturated heterocycles. The van der Waals surface area contributed by atoms with Crippen LogP contribution in [0.5, 0.6) is 0 Å². The highest BCUT2D eigenvalue weighted by molar-refractivity contribution is 6.35. The van der Waals surface area contributed by atoms with Gasteiger partial charge in [0, 0.05) is 58.7 Å². The normalized spacial score (nSPS) is 18.4. The van der Waals surface area contributed by atoms with E-state index in [1.165, 1.54) is 0 Å². The third-order valence-corrected chi connectivity index (χ3v) is 8.16. The van der Waals surface area contributed by atoms with Gasteiger partial charge in [-0.1, -0.05) is 58.5 Å². The lowest BCUT2D eigenvalue weighted by Crippen LogP contribution is -2.57. The van der Waals surface area contributed by atoms with Crippen molar-refractivity contribution in [3.05, 3.63) is 67.6 Å². The van der Waals surface area contributed by atoms with Crippen molar-refractivity contribution in [2.45, 2.75) is 50.6 Å². The SMILES string of the molecule is CC(C)N1CCN(C(=O)C(Cc2ccc(Cl)cc2Cl)NC(=O)C2(c3ccc(Cl)cc3Cl)CC2)CC1. The summed E-state index contributed by atoms with van der Waals surface area (Å²) in [5.41, 5.74) is 0.743. The van der Waals surface area contributed by atoms with Crippen molar-refractivity contribution in [1.29, 1.82) is 0 Å². The minimum absolute atomic E-state index is 0.106. The molecule has 1 atom stereocenters. The van der Waals surface area contributed by atoms with Crippen LogP contribution in [0.2, 0.25) is 20.1 Å². The average Bonchev–Trinajstić information content (AvgIpc) is 3.61. The Bertz CT molecular complexity index is 1110. The minimum atomic E-state index is -0.754. The van der Waals surface area contributed by atoms with Crippen LogP contribution in [0.15, 0.2) is 36.4 Å². The Morgan fingerprint density at radius 3 is 2.06 bits per heavy atom. The maximum atomic E-state index is 13.7. The van der Waals surface area contributed by atoms with Crippen molar-refractivity contribution in [3.8, 4) is 0 Å². The Labute approximate surface area is 226 Å². The van der Waals surface area contributed by atoms with Gasteiger partial charge in [-0.05, 0) is 62.1 Å². The number of piperazine rings is 1. The smallest absolute Gasteiger partial charge is 0.245 e. The van der Waals surface area contributed by atoms with Gasteiger partial charge in [0.05, 0.1) is 5.41 Å². The Hall–Kier alpha value is -1.50. The molecule has 1 saturated carbocycles. The van der Waals surface area contributed by atoms with Gasteiger partial charge in [-0.15, -0.1) is 0 Å². The fourth-order valence-corrected chi connectivity index (χ4v) is 5.78. The molecule has 2 aliphatic rings. The van der Waals surface area contributed by atoms with Gasteiger partial charge in [0.15, 0.2) is 0 Å². The summed E-state index contributed by atoms with van der Waals surface area (Å²) in [5, 5.41) is 5.01. The number of nitrogens with zero attached hydrogens (tertiary/aromatic N) is 2. The number of nitrogens with one attached hydrogen (secondary N) is 1. The largest absolute Gasteiger partial charge is 0.343 e. The molecule has 9 heteroatoms. The number of benzene rings is 2. The number of hydrogen-bond donors (Lipinski definition) is 1. The zero-order valence-corrected chi connectivity index (χ0v) is 22.8. The summed E-state index contributed by atoms with van der Waals surface area (Å²) in [5.74, 6) is -0.309. The zero-order chi connectivity index (χ0) is 25.3. The van der Waals surface area contributed by atoms with Crippen molar-refractivity contribution in [3.63, 3.8) is 0 Å². The van der Waals surface area contributed by atoms with E-state index in [0.29, 0.717) is 52.1 Å². The second-order valence-electron chi connectivity index (χ2n) is 9.63. The van der Waals surface area contributed by atoms with E-state index >= 15 is 0 Å². The van der Waals surface area contributed by atoms with E-state index < -0.39 is 11.5 Å².